The van der Waals surface area contributed by atoms with Gasteiger partial charge >= 0.3 is 0 Å². The summed E-state index contributed by atoms with van der Waals surface area (Å²) in [6.07, 6.45) is 0. The lowest BCUT2D eigenvalue weighted by Gasteiger charge is -2.16. The molecule has 0 unspecified atom stereocenters. The minimum Gasteiger partial charge on any atom is -0.370 e. The molecular weight excluding hydrogens is 266 g/mol. The van der Waals surface area contributed by atoms with Crippen molar-refractivity contribution in [3.8, 4) is 0 Å². The van der Waals surface area contributed by atoms with Crippen molar-refractivity contribution < 1.29 is 4.79 Å². The van der Waals surface area contributed by atoms with Crippen molar-refractivity contribution in [3.05, 3.63) is 11.4 Å². The minimum atomic E-state index is -0.0425. The maximum atomic E-state index is 11.7. The number of nitrogens with one attached hydrogen (secondary N) is 3. The summed E-state index contributed by atoms with van der Waals surface area (Å²) in [6, 6.07) is 0.134. The van der Waals surface area contributed by atoms with Gasteiger partial charge in [0.2, 0.25) is 5.91 Å². The number of carbonyl (C=O) groups excluding carboxylic acids is 1. The van der Waals surface area contributed by atoms with Crippen molar-refractivity contribution in [2.45, 2.75) is 53.5 Å². The van der Waals surface area contributed by atoms with Crippen LogP contribution in [-0.2, 0) is 4.79 Å². The lowest BCUT2D eigenvalue weighted by molar-refractivity contribution is -0.119. The Hall–Kier alpha value is -1.85. The molecule has 0 aliphatic rings. The van der Waals surface area contributed by atoms with Crippen LogP contribution in [0.25, 0.3) is 0 Å². The summed E-state index contributed by atoms with van der Waals surface area (Å²) in [4.78, 5) is 20.8. The molecule has 6 nitrogen and oxygen atoms in total. The predicted molar refractivity (Wildman–Crippen MR) is 86.8 cm³/mol. The molecule has 0 aliphatic carbocycles. The Morgan fingerprint density at radius 2 is 1.67 bits per heavy atom. The number of aromatic nitrogens is 2. The SMILES string of the molecule is CCNc1nc(C(C)C)nc(NCC(=O)NC(C)C)c1C. The Morgan fingerprint density at radius 1 is 1.10 bits per heavy atom. The predicted octanol–water partition coefficient (Wildman–Crippen LogP) is 2.28. The van der Waals surface area contributed by atoms with E-state index < -0.39 is 0 Å². The summed E-state index contributed by atoms with van der Waals surface area (Å²) >= 11 is 0. The maximum Gasteiger partial charge on any atom is 0.239 e. The molecule has 0 spiro atoms. The Bertz CT molecular complexity index is 485. The summed E-state index contributed by atoms with van der Waals surface area (Å²) in [7, 11) is 0. The highest BCUT2D eigenvalue weighted by molar-refractivity contribution is 5.81. The van der Waals surface area contributed by atoms with Crippen LogP contribution in [0.2, 0.25) is 0 Å². The molecule has 118 valence electrons. The highest BCUT2D eigenvalue weighted by atomic mass is 16.1. The van der Waals surface area contributed by atoms with Gasteiger partial charge in [0.1, 0.15) is 17.5 Å². The first-order valence-electron chi connectivity index (χ1n) is 7.50. The fourth-order valence-electron chi connectivity index (χ4n) is 1.84. The quantitative estimate of drug-likeness (QED) is 0.719. The molecule has 0 atom stereocenters. The largest absolute Gasteiger partial charge is 0.370 e. The van der Waals surface area contributed by atoms with E-state index in [2.05, 4.69) is 39.8 Å². The van der Waals surface area contributed by atoms with Crippen LogP contribution in [0.15, 0.2) is 0 Å². The van der Waals surface area contributed by atoms with Crippen LogP contribution in [-0.4, -0.2) is 35.0 Å². The number of nitrogens with zero attached hydrogens (tertiary/aromatic N) is 2. The van der Waals surface area contributed by atoms with Crippen molar-refractivity contribution in [1.82, 2.24) is 15.3 Å². The number of anilines is 2. The van der Waals surface area contributed by atoms with Gasteiger partial charge < -0.3 is 16.0 Å². The van der Waals surface area contributed by atoms with Crippen LogP contribution in [0.5, 0.6) is 0 Å². The highest BCUT2D eigenvalue weighted by Gasteiger charge is 2.13. The van der Waals surface area contributed by atoms with Crippen molar-refractivity contribution in [2.24, 2.45) is 0 Å². The Morgan fingerprint density at radius 3 is 2.14 bits per heavy atom. The molecule has 0 aliphatic heterocycles. The van der Waals surface area contributed by atoms with Crippen molar-refractivity contribution in [2.75, 3.05) is 23.7 Å². The number of amides is 1. The molecule has 0 aromatic carbocycles. The van der Waals surface area contributed by atoms with Gasteiger partial charge in [-0.15, -0.1) is 0 Å². The molecule has 0 saturated heterocycles. The molecule has 1 aromatic rings. The summed E-state index contributed by atoms with van der Waals surface area (Å²) in [5.74, 6) is 2.49. The van der Waals surface area contributed by atoms with Crippen molar-refractivity contribution in [3.63, 3.8) is 0 Å². The zero-order chi connectivity index (χ0) is 16.0. The first-order chi connectivity index (χ1) is 9.85. The van der Waals surface area contributed by atoms with Gasteiger partial charge in [0.15, 0.2) is 0 Å². The maximum absolute atomic E-state index is 11.7. The topological polar surface area (TPSA) is 78.9 Å². The van der Waals surface area contributed by atoms with Crippen LogP contribution in [0.4, 0.5) is 11.6 Å². The van der Waals surface area contributed by atoms with E-state index in [9.17, 15) is 4.79 Å². The van der Waals surface area contributed by atoms with Crippen LogP contribution in [0, 0.1) is 6.92 Å². The second-order valence-corrected chi connectivity index (χ2v) is 5.66. The van der Waals surface area contributed by atoms with Gasteiger partial charge in [0.05, 0.1) is 6.54 Å². The van der Waals surface area contributed by atoms with E-state index in [1.165, 1.54) is 0 Å². The molecule has 0 radical (unpaired) electrons. The van der Waals surface area contributed by atoms with Gasteiger partial charge in [-0.05, 0) is 27.7 Å². The molecule has 6 heteroatoms. The van der Waals surface area contributed by atoms with E-state index in [-0.39, 0.29) is 24.4 Å². The third kappa shape index (κ3) is 5.21. The number of hydrogen-bond acceptors (Lipinski definition) is 5. The van der Waals surface area contributed by atoms with E-state index in [4.69, 9.17) is 0 Å². The van der Waals surface area contributed by atoms with Crippen LogP contribution < -0.4 is 16.0 Å². The number of rotatable bonds is 7. The Kier molecular flexibility index (Phi) is 6.39. The van der Waals surface area contributed by atoms with Crippen LogP contribution >= 0.6 is 0 Å². The average molecular weight is 293 g/mol. The minimum absolute atomic E-state index is 0.0425. The molecule has 3 N–H and O–H groups in total. The molecule has 1 rings (SSSR count). The van der Waals surface area contributed by atoms with E-state index >= 15 is 0 Å². The van der Waals surface area contributed by atoms with E-state index in [0.29, 0.717) is 5.82 Å². The standard InChI is InChI=1S/C15H27N5O/c1-7-16-14-11(6)15(20-13(19-14)9(2)3)17-8-12(21)18-10(4)5/h9-10H,7-8H2,1-6H3,(H,18,21)(H2,16,17,19,20). The smallest absolute Gasteiger partial charge is 0.239 e. The normalized spacial score (nSPS) is 10.9. The van der Waals surface area contributed by atoms with E-state index in [1.807, 2.05) is 27.7 Å². The number of carbonyl (C=O) groups is 1. The first kappa shape index (κ1) is 17.2. The molecule has 0 fully saturated rings. The van der Waals surface area contributed by atoms with Gasteiger partial charge in [0.25, 0.3) is 0 Å². The molecule has 1 aromatic heterocycles. The zero-order valence-electron chi connectivity index (χ0n) is 13.9. The van der Waals surface area contributed by atoms with E-state index in [1.54, 1.807) is 0 Å². The van der Waals surface area contributed by atoms with Crippen molar-refractivity contribution >= 4 is 17.5 Å². The van der Waals surface area contributed by atoms with Gasteiger partial charge in [-0.2, -0.15) is 0 Å². The summed E-state index contributed by atoms with van der Waals surface area (Å²) in [6.45, 7) is 13.0. The fraction of sp³-hybridized carbons (Fsp3) is 0.667. The zero-order valence-corrected chi connectivity index (χ0v) is 13.9. The third-order valence-corrected chi connectivity index (χ3v) is 2.89. The molecular formula is C15H27N5O. The van der Waals surface area contributed by atoms with Gasteiger partial charge in [-0.25, -0.2) is 9.97 Å². The van der Waals surface area contributed by atoms with Crippen LogP contribution in [0.1, 0.15) is 51.9 Å². The molecule has 1 amide bonds. The second-order valence-electron chi connectivity index (χ2n) is 5.66. The van der Waals surface area contributed by atoms with Gasteiger partial charge in [-0.3, -0.25) is 4.79 Å². The lowest BCUT2D eigenvalue weighted by atomic mass is 10.2. The molecule has 21 heavy (non-hydrogen) atoms. The summed E-state index contributed by atoms with van der Waals surface area (Å²) in [5.41, 5.74) is 0.929. The molecule has 0 bridgehead atoms. The highest BCUT2D eigenvalue weighted by Crippen LogP contribution is 2.22. The summed E-state index contributed by atoms with van der Waals surface area (Å²) < 4.78 is 0. The number of hydrogen-bond donors (Lipinski definition) is 3. The fourth-order valence-corrected chi connectivity index (χ4v) is 1.84. The Labute approximate surface area is 127 Å². The molecule has 1 heterocycles. The van der Waals surface area contributed by atoms with Crippen LogP contribution in [0.3, 0.4) is 0 Å². The third-order valence-electron chi connectivity index (χ3n) is 2.89. The lowest BCUT2D eigenvalue weighted by Crippen LogP contribution is -2.35. The second kappa shape index (κ2) is 7.81. The monoisotopic (exact) mass is 293 g/mol. The first-order valence-corrected chi connectivity index (χ1v) is 7.50. The van der Waals surface area contributed by atoms with Gasteiger partial charge in [0, 0.05) is 24.1 Å². The molecule has 0 saturated carbocycles. The van der Waals surface area contributed by atoms with E-state index in [0.717, 1.165) is 23.8 Å². The average Bonchev–Trinajstić information content (AvgIpc) is 2.38. The summed E-state index contributed by atoms with van der Waals surface area (Å²) in [5, 5.41) is 9.20. The van der Waals surface area contributed by atoms with Gasteiger partial charge in [-0.1, -0.05) is 13.8 Å². The Balaban J connectivity index is 2.91. The van der Waals surface area contributed by atoms with Crippen molar-refractivity contribution in [1.29, 1.82) is 0 Å².